The van der Waals surface area contributed by atoms with Crippen LogP contribution in [0.25, 0.3) is 0 Å². The van der Waals surface area contributed by atoms with Gasteiger partial charge in [0.2, 0.25) is 0 Å². The first-order valence-corrected chi connectivity index (χ1v) is 12.3. The van der Waals surface area contributed by atoms with E-state index in [0.717, 1.165) is 18.8 Å². The molecule has 0 unspecified atom stereocenters. The summed E-state index contributed by atoms with van der Waals surface area (Å²) >= 11 is 6.05. The second-order valence-corrected chi connectivity index (χ2v) is 10.3. The van der Waals surface area contributed by atoms with Crippen molar-refractivity contribution in [2.75, 3.05) is 36.4 Å². The van der Waals surface area contributed by atoms with Gasteiger partial charge in [-0.25, -0.2) is 4.98 Å². The number of carbonyl (C=O) groups excluding carboxylic acids is 2. The highest BCUT2D eigenvalue weighted by Crippen LogP contribution is 2.23. The molecule has 0 spiro atoms. The summed E-state index contributed by atoms with van der Waals surface area (Å²) in [5.41, 5.74) is 3.09. The number of halogens is 1. The molecule has 3 aromatic rings. The minimum Gasteiger partial charge on any atom is -0.355 e. The lowest BCUT2D eigenvalue weighted by Gasteiger charge is -2.23. The van der Waals surface area contributed by atoms with Gasteiger partial charge < -0.3 is 15.1 Å². The highest BCUT2D eigenvalue weighted by Gasteiger charge is 2.21. The molecule has 0 radical (unpaired) electrons. The third-order valence-corrected chi connectivity index (χ3v) is 6.43. The Hall–Kier alpha value is -3.38. The van der Waals surface area contributed by atoms with E-state index in [4.69, 9.17) is 11.6 Å². The molecule has 182 valence electrons. The van der Waals surface area contributed by atoms with Crippen molar-refractivity contribution in [3.05, 3.63) is 88.6 Å². The van der Waals surface area contributed by atoms with Gasteiger partial charge in [-0.1, -0.05) is 50.6 Å². The predicted octanol–water partition coefficient (Wildman–Crippen LogP) is 5.64. The molecule has 0 bridgehead atoms. The molecular formula is C28H31ClN4O2. The van der Waals surface area contributed by atoms with Crippen LogP contribution in [0.15, 0.2) is 66.9 Å². The van der Waals surface area contributed by atoms with Gasteiger partial charge in [-0.2, -0.15) is 0 Å². The van der Waals surface area contributed by atoms with Crippen LogP contribution in [0.2, 0.25) is 5.02 Å². The second-order valence-electron chi connectivity index (χ2n) is 9.83. The first-order chi connectivity index (χ1) is 16.7. The lowest BCUT2D eigenvalue weighted by atomic mass is 9.87. The third-order valence-electron chi connectivity index (χ3n) is 6.20. The molecule has 1 N–H and O–H groups in total. The maximum absolute atomic E-state index is 12.9. The Kier molecular flexibility index (Phi) is 7.41. The van der Waals surface area contributed by atoms with E-state index in [9.17, 15) is 9.59 Å². The summed E-state index contributed by atoms with van der Waals surface area (Å²) in [4.78, 5) is 34.1. The average molecular weight is 491 g/mol. The molecule has 0 saturated carbocycles. The molecule has 2 heterocycles. The Morgan fingerprint density at radius 3 is 2.34 bits per heavy atom. The van der Waals surface area contributed by atoms with E-state index < -0.39 is 0 Å². The summed E-state index contributed by atoms with van der Waals surface area (Å²) in [6, 6.07) is 18.5. The van der Waals surface area contributed by atoms with Gasteiger partial charge in [0, 0.05) is 42.3 Å². The van der Waals surface area contributed by atoms with Crippen molar-refractivity contribution in [2.24, 2.45) is 0 Å². The van der Waals surface area contributed by atoms with E-state index in [1.165, 1.54) is 5.56 Å². The van der Waals surface area contributed by atoms with Crippen LogP contribution in [-0.4, -0.2) is 47.9 Å². The minimum absolute atomic E-state index is 0.00379. The topological polar surface area (TPSA) is 65.5 Å². The standard InChI is InChI=1S/C28H31ClN4O2/c1-28(2,3)22-10-8-20(9-11-22)26(34)31-24-12-13-25(30-19-24)32-14-5-15-33(17-16-32)27(35)21-6-4-7-23(29)18-21/h4,6-13,18-19H,5,14-17H2,1-3H3,(H,31,34). The van der Waals surface area contributed by atoms with Crippen LogP contribution in [-0.2, 0) is 5.41 Å². The van der Waals surface area contributed by atoms with Gasteiger partial charge >= 0.3 is 0 Å². The van der Waals surface area contributed by atoms with Gasteiger partial charge in [0.15, 0.2) is 0 Å². The number of hydrogen-bond donors (Lipinski definition) is 1. The number of benzene rings is 2. The fourth-order valence-electron chi connectivity index (χ4n) is 4.13. The zero-order valence-corrected chi connectivity index (χ0v) is 21.2. The largest absolute Gasteiger partial charge is 0.355 e. The van der Waals surface area contributed by atoms with Crippen LogP contribution in [0.5, 0.6) is 0 Å². The third kappa shape index (κ3) is 6.20. The second kappa shape index (κ2) is 10.5. The number of rotatable bonds is 4. The van der Waals surface area contributed by atoms with Gasteiger partial charge in [-0.3, -0.25) is 9.59 Å². The van der Waals surface area contributed by atoms with E-state index in [0.29, 0.717) is 41.5 Å². The van der Waals surface area contributed by atoms with Crippen molar-refractivity contribution in [3.8, 4) is 0 Å². The summed E-state index contributed by atoms with van der Waals surface area (Å²) in [5, 5.41) is 3.48. The van der Waals surface area contributed by atoms with E-state index in [1.54, 1.807) is 30.5 Å². The number of amides is 2. The predicted molar refractivity (Wildman–Crippen MR) is 142 cm³/mol. The zero-order chi connectivity index (χ0) is 25.0. The first-order valence-electron chi connectivity index (χ1n) is 11.9. The molecule has 1 aliphatic rings. The quantitative estimate of drug-likeness (QED) is 0.514. The highest BCUT2D eigenvalue weighted by atomic mass is 35.5. The normalized spacial score (nSPS) is 14.4. The zero-order valence-electron chi connectivity index (χ0n) is 20.4. The Morgan fingerprint density at radius 1 is 0.914 bits per heavy atom. The number of anilines is 2. The van der Waals surface area contributed by atoms with Gasteiger partial charge in [0.25, 0.3) is 11.8 Å². The number of carbonyl (C=O) groups is 2. The molecule has 1 fully saturated rings. The Labute approximate surface area is 211 Å². The molecule has 0 atom stereocenters. The SMILES string of the molecule is CC(C)(C)c1ccc(C(=O)Nc2ccc(N3CCCN(C(=O)c4cccc(Cl)c4)CC3)nc2)cc1. The van der Waals surface area contributed by atoms with Crippen molar-refractivity contribution in [1.82, 2.24) is 9.88 Å². The molecule has 0 aliphatic carbocycles. The van der Waals surface area contributed by atoms with Crippen LogP contribution in [0.4, 0.5) is 11.5 Å². The fraction of sp³-hybridized carbons (Fsp3) is 0.321. The molecule has 2 aromatic carbocycles. The smallest absolute Gasteiger partial charge is 0.255 e. The van der Waals surface area contributed by atoms with Crippen molar-refractivity contribution in [1.29, 1.82) is 0 Å². The molecule has 1 aromatic heterocycles. The number of nitrogens with zero attached hydrogens (tertiary/aromatic N) is 3. The van der Waals surface area contributed by atoms with Crippen molar-refractivity contribution in [2.45, 2.75) is 32.6 Å². The molecule has 2 amide bonds. The van der Waals surface area contributed by atoms with E-state index in [1.807, 2.05) is 41.3 Å². The summed E-state index contributed by atoms with van der Waals surface area (Å²) < 4.78 is 0. The fourth-order valence-corrected chi connectivity index (χ4v) is 4.32. The van der Waals surface area contributed by atoms with Crippen LogP contribution >= 0.6 is 11.6 Å². The molecule has 7 heteroatoms. The van der Waals surface area contributed by atoms with E-state index in [-0.39, 0.29) is 17.2 Å². The number of aromatic nitrogens is 1. The van der Waals surface area contributed by atoms with Gasteiger partial charge in [0.1, 0.15) is 5.82 Å². The van der Waals surface area contributed by atoms with Crippen LogP contribution in [0.3, 0.4) is 0 Å². The van der Waals surface area contributed by atoms with Crippen molar-refractivity contribution in [3.63, 3.8) is 0 Å². The molecule has 1 aliphatic heterocycles. The lowest BCUT2D eigenvalue weighted by molar-refractivity contribution is 0.0767. The molecule has 6 nitrogen and oxygen atoms in total. The summed E-state index contributed by atoms with van der Waals surface area (Å²) in [5.74, 6) is 0.662. The maximum atomic E-state index is 12.9. The minimum atomic E-state index is -0.162. The molecule has 1 saturated heterocycles. The molecular weight excluding hydrogens is 460 g/mol. The van der Waals surface area contributed by atoms with Crippen molar-refractivity contribution >= 4 is 34.9 Å². The number of hydrogen-bond acceptors (Lipinski definition) is 4. The summed E-state index contributed by atoms with van der Waals surface area (Å²) in [6.45, 7) is 9.22. The average Bonchev–Trinajstić information content (AvgIpc) is 3.10. The van der Waals surface area contributed by atoms with Crippen molar-refractivity contribution < 1.29 is 9.59 Å². The monoisotopic (exact) mass is 490 g/mol. The summed E-state index contributed by atoms with van der Waals surface area (Å²) in [7, 11) is 0. The first kappa shape index (κ1) is 24.7. The van der Waals surface area contributed by atoms with Crippen LogP contribution in [0, 0.1) is 0 Å². The van der Waals surface area contributed by atoms with E-state index in [2.05, 4.69) is 36.0 Å². The van der Waals surface area contributed by atoms with Crippen LogP contribution in [0.1, 0.15) is 53.5 Å². The van der Waals surface area contributed by atoms with Gasteiger partial charge in [0.05, 0.1) is 11.9 Å². The number of pyridine rings is 1. The molecule has 35 heavy (non-hydrogen) atoms. The van der Waals surface area contributed by atoms with Gasteiger partial charge in [-0.05, 0) is 59.9 Å². The maximum Gasteiger partial charge on any atom is 0.255 e. The number of nitrogens with one attached hydrogen (secondary N) is 1. The highest BCUT2D eigenvalue weighted by molar-refractivity contribution is 6.30. The Balaban J connectivity index is 1.35. The summed E-state index contributed by atoms with van der Waals surface area (Å²) in [6.07, 6.45) is 2.52. The van der Waals surface area contributed by atoms with E-state index >= 15 is 0 Å². The lowest BCUT2D eigenvalue weighted by Crippen LogP contribution is -2.35. The van der Waals surface area contributed by atoms with Gasteiger partial charge in [-0.15, -0.1) is 0 Å². The Bertz CT molecular complexity index is 1190. The Morgan fingerprint density at radius 2 is 1.69 bits per heavy atom. The van der Waals surface area contributed by atoms with Crippen LogP contribution < -0.4 is 10.2 Å². The molecule has 4 rings (SSSR count).